The molecule has 0 aliphatic carbocycles. The molecule has 5 aromatic heterocycles. The Kier molecular flexibility index (Phi) is 9.28. The molecule has 0 saturated carbocycles. The number of hydrogen-bond acceptors (Lipinski definition) is 11. The van der Waals surface area contributed by atoms with Gasteiger partial charge in [-0.1, -0.05) is 0 Å². The van der Waals surface area contributed by atoms with Crippen LogP contribution in [0.25, 0.3) is 22.8 Å². The summed E-state index contributed by atoms with van der Waals surface area (Å²) in [7, 11) is 0. The van der Waals surface area contributed by atoms with Crippen LogP contribution in [0.2, 0.25) is 0 Å². The van der Waals surface area contributed by atoms with Gasteiger partial charge in [-0.25, -0.2) is 29.7 Å². The Morgan fingerprint density at radius 3 is 1.98 bits per heavy atom. The number of carboxylic acids is 1. The van der Waals surface area contributed by atoms with Crippen molar-refractivity contribution in [3.8, 4) is 22.8 Å². The number of carbonyl (C=O) groups is 2. The first-order valence-electron chi connectivity index (χ1n) is 14.0. The number of carbonyl (C=O) groups excluding carboxylic acids is 1. The Morgan fingerprint density at radius 2 is 1.45 bits per heavy atom. The third-order valence-corrected chi connectivity index (χ3v) is 8.77. The lowest BCUT2D eigenvalue weighted by atomic mass is 9.92. The van der Waals surface area contributed by atoms with Crippen molar-refractivity contribution in [1.82, 2.24) is 29.8 Å². The number of piperidine rings is 1. The lowest BCUT2D eigenvalue weighted by Gasteiger charge is -2.37. The molecular formula is C31H32N6O5S2. The standard InChI is InChI=1S/C22H26N4O3S.C9H6N2O2S/c1-13-6-7-15(20-25-18(14(2)29-20)22(3,4)28)10-26(13)21(27)17-12-30-11-16(17)19-23-8-5-9-24-19;12-9(13)7-5-14-4-6(7)8-10-2-1-3-11-8/h5,8-9,11-13,15,28H,6-7,10H2,1-4H3;1-5H,(H,12,13)/t13-,15-;/m1./s1. The highest BCUT2D eigenvalue weighted by molar-refractivity contribution is 7.09. The summed E-state index contributed by atoms with van der Waals surface area (Å²) in [5.41, 5.74) is 1.69. The summed E-state index contributed by atoms with van der Waals surface area (Å²) in [6.45, 7) is 7.81. The Labute approximate surface area is 262 Å². The molecule has 13 heteroatoms. The van der Waals surface area contributed by atoms with Crippen molar-refractivity contribution in [1.29, 1.82) is 0 Å². The van der Waals surface area contributed by atoms with Crippen molar-refractivity contribution in [2.24, 2.45) is 0 Å². The highest BCUT2D eigenvalue weighted by Crippen LogP contribution is 2.35. The number of thiophene rings is 2. The molecule has 0 spiro atoms. The minimum atomic E-state index is -1.06. The van der Waals surface area contributed by atoms with Crippen molar-refractivity contribution in [2.45, 2.75) is 58.1 Å². The number of rotatable bonds is 6. The third-order valence-electron chi connectivity index (χ3n) is 7.28. The fourth-order valence-corrected chi connectivity index (χ4v) is 6.65. The van der Waals surface area contributed by atoms with E-state index in [9.17, 15) is 14.7 Å². The highest BCUT2D eigenvalue weighted by Gasteiger charge is 2.35. The minimum absolute atomic E-state index is 0.00462. The monoisotopic (exact) mass is 632 g/mol. The summed E-state index contributed by atoms with van der Waals surface area (Å²) in [5, 5.41) is 26.3. The van der Waals surface area contributed by atoms with Gasteiger partial charge in [0.05, 0.1) is 17.0 Å². The first-order chi connectivity index (χ1) is 21.0. The smallest absolute Gasteiger partial charge is 0.337 e. The second-order valence-corrected chi connectivity index (χ2v) is 12.4. The van der Waals surface area contributed by atoms with Crippen LogP contribution in [-0.2, 0) is 5.60 Å². The largest absolute Gasteiger partial charge is 0.478 e. The molecule has 0 bridgehead atoms. The molecule has 1 aliphatic rings. The summed E-state index contributed by atoms with van der Waals surface area (Å²) < 4.78 is 5.90. The van der Waals surface area contributed by atoms with Crippen LogP contribution >= 0.6 is 22.7 Å². The Hall–Kier alpha value is -4.33. The number of aromatic carboxylic acids is 1. The van der Waals surface area contributed by atoms with Crippen molar-refractivity contribution in [3.05, 3.63) is 86.9 Å². The Balaban J connectivity index is 0.000000229. The molecule has 1 saturated heterocycles. The van der Waals surface area contributed by atoms with Crippen LogP contribution in [0.5, 0.6) is 0 Å². The van der Waals surface area contributed by atoms with E-state index in [4.69, 9.17) is 9.52 Å². The van der Waals surface area contributed by atoms with Crippen LogP contribution in [0.1, 0.15) is 77.6 Å². The molecule has 2 atom stereocenters. The zero-order valence-electron chi connectivity index (χ0n) is 24.7. The SMILES string of the molecule is Cc1oc([C@@H]2CC[C@@H](C)N(C(=O)c3cscc3-c3ncccn3)C2)nc1C(C)(C)O.O=C(O)c1cscc1-c1ncccn1. The van der Waals surface area contributed by atoms with Crippen molar-refractivity contribution >= 4 is 34.6 Å². The lowest BCUT2D eigenvalue weighted by Crippen LogP contribution is -2.45. The summed E-state index contributed by atoms with van der Waals surface area (Å²) in [4.78, 5) is 47.3. The number of aryl methyl sites for hydroxylation is 1. The van der Waals surface area contributed by atoms with E-state index in [1.165, 1.54) is 22.7 Å². The molecule has 6 heterocycles. The number of nitrogens with zero attached hydrogens (tertiary/aromatic N) is 6. The highest BCUT2D eigenvalue weighted by atomic mass is 32.1. The van der Waals surface area contributed by atoms with E-state index in [0.29, 0.717) is 46.7 Å². The van der Waals surface area contributed by atoms with Crippen LogP contribution in [-0.4, -0.2) is 64.5 Å². The van der Waals surface area contributed by atoms with E-state index < -0.39 is 11.6 Å². The topological polar surface area (TPSA) is 155 Å². The Morgan fingerprint density at radius 1 is 0.909 bits per heavy atom. The van der Waals surface area contributed by atoms with Gasteiger partial charge in [0, 0.05) is 70.0 Å². The number of carboxylic acid groups (broad SMARTS) is 1. The molecule has 11 nitrogen and oxygen atoms in total. The van der Waals surface area contributed by atoms with Crippen LogP contribution < -0.4 is 0 Å². The van der Waals surface area contributed by atoms with Crippen molar-refractivity contribution in [3.63, 3.8) is 0 Å². The van der Waals surface area contributed by atoms with Crippen molar-refractivity contribution < 1.29 is 24.2 Å². The predicted octanol–water partition coefficient (Wildman–Crippen LogP) is 6.04. The van der Waals surface area contributed by atoms with E-state index in [0.717, 1.165) is 18.4 Å². The van der Waals surface area contributed by atoms with Gasteiger partial charge in [-0.15, -0.1) is 0 Å². The second-order valence-electron chi connectivity index (χ2n) is 10.9. The zero-order chi connectivity index (χ0) is 31.4. The van der Waals surface area contributed by atoms with E-state index in [1.54, 1.807) is 61.5 Å². The van der Waals surface area contributed by atoms with Gasteiger partial charge >= 0.3 is 5.97 Å². The quantitative estimate of drug-likeness (QED) is 0.226. The minimum Gasteiger partial charge on any atom is -0.478 e. The van der Waals surface area contributed by atoms with Gasteiger partial charge < -0.3 is 19.5 Å². The maximum atomic E-state index is 13.5. The number of aliphatic hydroxyl groups is 1. The van der Waals surface area contributed by atoms with Crippen LogP contribution in [0, 0.1) is 6.92 Å². The average Bonchev–Trinajstić information content (AvgIpc) is 3.78. The third kappa shape index (κ3) is 6.74. The molecule has 0 aromatic carbocycles. The van der Waals surface area contributed by atoms with E-state index >= 15 is 0 Å². The fraction of sp³-hybridized carbons (Fsp3) is 0.323. The molecular weight excluding hydrogens is 601 g/mol. The van der Waals surface area contributed by atoms with Gasteiger partial charge in [-0.3, -0.25) is 4.79 Å². The predicted molar refractivity (Wildman–Crippen MR) is 167 cm³/mol. The summed E-state index contributed by atoms with van der Waals surface area (Å²) in [5.74, 6) is 1.24. The van der Waals surface area contributed by atoms with Gasteiger partial charge in [0.25, 0.3) is 5.91 Å². The fourth-order valence-electron chi connectivity index (χ4n) is 5.05. The number of aromatic nitrogens is 5. The number of hydrogen-bond donors (Lipinski definition) is 2. The maximum Gasteiger partial charge on any atom is 0.337 e. The normalized spacial score (nSPS) is 16.7. The lowest BCUT2D eigenvalue weighted by molar-refractivity contribution is 0.0595. The van der Waals surface area contributed by atoms with Gasteiger partial charge in [-0.05, 0) is 52.7 Å². The molecule has 0 unspecified atom stereocenters. The second kappa shape index (κ2) is 13.1. The molecule has 44 heavy (non-hydrogen) atoms. The maximum absolute atomic E-state index is 13.5. The molecule has 1 aliphatic heterocycles. The first-order valence-corrected chi connectivity index (χ1v) is 15.8. The van der Waals surface area contributed by atoms with Gasteiger partial charge in [0.1, 0.15) is 17.1 Å². The van der Waals surface area contributed by atoms with Crippen LogP contribution in [0.3, 0.4) is 0 Å². The van der Waals surface area contributed by atoms with E-state index in [2.05, 4.69) is 31.8 Å². The number of amides is 1. The Bertz CT molecular complexity index is 1730. The number of oxazole rings is 1. The zero-order valence-corrected chi connectivity index (χ0v) is 26.3. The van der Waals surface area contributed by atoms with Gasteiger partial charge in [0.2, 0.25) is 0 Å². The van der Waals surface area contributed by atoms with E-state index in [1.807, 2.05) is 22.6 Å². The molecule has 0 radical (unpaired) electrons. The molecule has 1 fully saturated rings. The molecule has 5 aromatic rings. The molecule has 1 amide bonds. The molecule has 2 N–H and O–H groups in total. The van der Waals surface area contributed by atoms with Crippen molar-refractivity contribution in [2.75, 3.05) is 6.54 Å². The summed E-state index contributed by atoms with van der Waals surface area (Å²) >= 11 is 2.80. The van der Waals surface area contributed by atoms with Gasteiger partial charge in [-0.2, -0.15) is 22.7 Å². The molecule has 6 rings (SSSR count). The van der Waals surface area contributed by atoms with Crippen LogP contribution in [0.4, 0.5) is 0 Å². The van der Waals surface area contributed by atoms with Crippen LogP contribution in [0.15, 0.2) is 62.9 Å². The first kappa shape index (κ1) is 31.1. The number of likely N-dealkylation sites (tertiary alicyclic amines) is 1. The summed E-state index contributed by atoms with van der Waals surface area (Å²) in [6.07, 6.45) is 8.28. The van der Waals surface area contributed by atoms with E-state index in [-0.39, 0.29) is 23.4 Å². The summed E-state index contributed by atoms with van der Waals surface area (Å²) in [6, 6.07) is 3.56. The molecule has 228 valence electrons. The van der Waals surface area contributed by atoms with Gasteiger partial charge in [0.15, 0.2) is 17.5 Å². The average molecular weight is 633 g/mol.